The van der Waals surface area contributed by atoms with E-state index in [1.165, 1.54) is 38.8 Å². The van der Waals surface area contributed by atoms with E-state index in [2.05, 4.69) is 27.2 Å². The molecule has 5 nitrogen and oxygen atoms in total. The molecule has 0 spiro atoms. The predicted molar refractivity (Wildman–Crippen MR) is 94.9 cm³/mol. The highest BCUT2D eigenvalue weighted by atomic mass is 16.5. The number of hydrogen-bond donors (Lipinski definition) is 1. The van der Waals surface area contributed by atoms with Gasteiger partial charge in [-0.1, -0.05) is 0 Å². The van der Waals surface area contributed by atoms with Gasteiger partial charge in [0.1, 0.15) is 0 Å². The minimum absolute atomic E-state index is 0.471. The summed E-state index contributed by atoms with van der Waals surface area (Å²) < 4.78 is 6.04. The molecule has 1 saturated carbocycles. The molecular weight excluding hydrogens is 288 g/mol. The van der Waals surface area contributed by atoms with Crippen molar-refractivity contribution < 1.29 is 4.74 Å². The summed E-state index contributed by atoms with van der Waals surface area (Å²) >= 11 is 0. The van der Waals surface area contributed by atoms with Crippen LogP contribution in [0.4, 0.5) is 0 Å². The van der Waals surface area contributed by atoms with Crippen molar-refractivity contribution >= 4 is 5.96 Å². The molecule has 132 valence electrons. The van der Waals surface area contributed by atoms with E-state index in [1.807, 2.05) is 7.05 Å². The van der Waals surface area contributed by atoms with Crippen molar-refractivity contribution in [3.05, 3.63) is 0 Å². The molecule has 0 unspecified atom stereocenters. The average Bonchev–Trinajstić information content (AvgIpc) is 3.40. The highest BCUT2D eigenvalue weighted by Crippen LogP contribution is 2.30. The van der Waals surface area contributed by atoms with Crippen LogP contribution >= 0.6 is 0 Å². The summed E-state index contributed by atoms with van der Waals surface area (Å²) in [5.74, 6) is 2.75. The third-order valence-electron chi connectivity index (χ3n) is 5.60. The quantitative estimate of drug-likeness (QED) is 0.619. The molecule has 5 heteroatoms. The summed E-state index contributed by atoms with van der Waals surface area (Å²) in [7, 11) is 4.13. The predicted octanol–water partition coefficient (Wildman–Crippen LogP) is 1.79. The number of nitrogens with one attached hydrogen (secondary N) is 1. The number of hydrogen-bond acceptors (Lipinski definition) is 3. The van der Waals surface area contributed by atoms with E-state index >= 15 is 0 Å². The van der Waals surface area contributed by atoms with Crippen molar-refractivity contribution in [2.75, 3.05) is 53.4 Å². The van der Waals surface area contributed by atoms with Gasteiger partial charge in [-0.15, -0.1) is 0 Å². The van der Waals surface area contributed by atoms with Crippen LogP contribution in [0.5, 0.6) is 0 Å². The lowest BCUT2D eigenvalue weighted by molar-refractivity contribution is 0.0130. The molecule has 1 N–H and O–H groups in total. The van der Waals surface area contributed by atoms with Gasteiger partial charge < -0.3 is 19.9 Å². The SMILES string of the molecule is CN=C(NCC1CCN(C)CC1)N1CCC(OCC2CC2)CC1. The van der Waals surface area contributed by atoms with Gasteiger partial charge >= 0.3 is 0 Å². The van der Waals surface area contributed by atoms with Crippen LogP contribution in [0.15, 0.2) is 4.99 Å². The Hall–Kier alpha value is -0.810. The highest BCUT2D eigenvalue weighted by Gasteiger charge is 2.26. The largest absolute Gasteiger partial charge is 0.378 e. The van der Waals surface area contributed by atoms with Gasteiger partial charge in [0.15, 0.2) is 5.96 Å². The van der Waals surface area contributed by atoms with E-state index in [4.69, 9.17) is 4.74 Å². The van der Waals surface area contributed by atoms with Crippen molar-refractivity contribution in [1.29, 1.82) is 0 Å². The number of piperidine rings is 2. The summed E-state index contributed by atoms with van der Waals surface area (Å²) in [6, 6.07) is 0. The molecule has 3 aliphatic rings. The maximum Gasteiger partial charge on any atom is 0.193 e. The van der Waals surface area contributed by atoms with Gasteiger partial charge in [-0.3, -0.25) is 4.99 Å². The monoisotopic (exact) mass is 322 g/mol. The summed E-state index contributed by atoms with van der Waals surface area (Å²) in [6.07, 6.45) is 8.12. The minimum Gasteiger partial charge on any atom is -0.378 e. The summed E-state index contributed by atoms with van der Waals surface area (Å²) in [6.45, 7) is 6.67. The van der Waals surface area contributed by atoms with Crippen molar-refractivity contribution in [2.45, 2.75) is 44.6 Å². The number of rotatable bonds is 5. The van der Waals surface area contributed by atoms with E-state index in [1.54, 1.807) is 0 Å². The molecule has 0 radical (unpaired) electrons. The molecule has 2 aliphatic heterocycles. The smallest absolute Gasteiger partial charge is 0.193 e. The first-order chi connectivity index (χ1) is 11.2. The average molecular weight is 322 g/mol. The van der Waals surface area contributed by atoms with Crippen LogP contribution in [-0.4, -0.2) is 75.3 Å². The third-order valence-corrected chi connectivity index (χ3v) is 5.60. The maximum atomic E-state index is 6.04. The fourth-order valence-corrected chi connectivity index (χ4v) is 3.63. The summed E-state index contributed by atoms with van der Waals surface area (Å²) in [4.78, 5) is 9.34. The molecule has 2 heterocycles. The van der Waals surface area contributed by atoms with Gasteiger partial charge in [0, 0.05) is 33.3 Å². The third kappa shape index (κ3) is 5.35. The van der Waals surface area contributed by atoms with Gasteiger partial charge in [-0.25, -0.2) is 0 Å². The van der Waals surface area contributed by atoms with Gasteiger partial charge in [0.2, 0.25) is 0 Å². The van der Waals surface area contributed by atoms with Crippen molar-refractivity contribution in [1.82, 2.24) is 15.1 Å². The van der Waals surface area contributed by atoms with Crippen LogP contribution < -0.4 is 5.32 Å². The molecule has 23 heavy (non-hydrogen) atoms. The first-order valence-corrected chi connectivity index (χ1v) is 9.50. The van der Waals surface area contributed by atoms with E-state index in [-0.39, 0.29) is 0 Å². The van der Waals surface area contributed by atoms with E-state index < -0.39 is 0 Å². The molecule has 0 bridgehead atoms. The molecular formula is C18H34N4O. The molecule has 0 aromatic carbocycles. The maximum absolute atomic E-state index is 6.04. The molecule has 3 rings (SSSR count). The Morgan fingerprint density at radius 2 is 1.70 bits per heavy atom. The Bertz CT molecular complexity index is 380. The van der Waals surface area contributed by atoms with E-state index in [0.717, 1.165) is 56.9 Å². The summed E-state index contributed by atoms with van der Waals surface area (Å²) in [5.41, 5.74) is 0. The lowest BCUT2D eigenvalue weighted by Gasteiger charge is -2.35. The standard InChI is InChI=1S/C18H34N4O/c1-19-18(20-13-15-5-9-21(2)10-6-15)22-11-7-17(8-12-22)23-14-16-3-4-16/h15-17H,3-14H2,1-2H3,(H,19,20). The molecule has 0 atom stereocenters. The van der Waals surface area contributed by atoms with Gasteiger partial charge in [-0.2, -0.15) is 0 Å². The van der Waals surface area contributed by atoms with Crippen LogP contribution in [0, 0.1) is 11.8 Å². The number of ether oxygens (including phenoxy) is 1. The second-order valence-corrected chi connectivity index (χ2v) is 7.64. The Balaban J connectivity index is 1.35. The minimum atomic E-state index is 0.471. The normalized spacial score (nSPS) is 25.8. The lowest BCUT2D eigenvalue weighted by Crippen LogP contribution is -2.48. The second-order valence-electron chi connectivity index (χ2n) is 7.64. The van der Waals surface area contributed by atoms with Crippen molar-refractivity contribution in [3.8, 4) is 0 Å². The van der Waals surface area contributed by atoms with Crippen molar-refractivity contribution in [3.63, 3.8) is 0 Å². The molecule has 0 amide bonds. The van der Waals surface area contributed by atoms with Crippen LogP contribution in [0.3, 0.4) is 0 Å². The van der Waals surface area contributed by atoms with Crippen LogP contribution in [0.1, 0.15) is 38.5 Å². The Morgan fingerprint density at radius 1 is 1.00 bits per heavy atom. The number of aliphatic imine (C=N–C) groups is 1. The Morgan fingerprint density at radius 3 is 2.30 bits per heavy atom. The van der Waals surface area contributed by atoms with E-state index in [0.29, 0.717) is 6.10 Å². The van der Waals surface area contributed by atoms with Crippen molar-refractivity contribution in [2.24, 2.45) is 16.8 Å². The molecule has 2 saturated heterocycles. The number of guanidine groups is 1. The first-order valence-electron chi connectivity index (χ1n) is 9.50. The fourth-order valence-electron chi connectivity index (χ4n) is 3.63. The molecule has 3 fully saturated rings. The zero-order chi connectivity index (χ0) is 16.1. The first kappa shape index (κ1) is 17.0. The van der Waals surface area contributed by atoms with Crippen LogP contribution in [-0.2, 0) is 4.74 Å². The molecule has 1 aliphatic carbocycles. The zero-order valence-corrected chi connectivity index (χ0v) is 15.0. The van der Waals surface area contributed by atoms with Gasteiger partial charge in [0.05, 0.1) is 6.10 Å². The molecule has 0 aromatic rings. The number of likely N-dealkylation sites (tertiary alicyclic amines) is 2. The Kier molecular flexibility index (Phi) is 6.17. The van der Waals surface area contributed by atoms with Gasteiger partial charge in [0.25, 0.3) is 0 Å². The lowest BCUT2D eigenvalue weighted by atomic mass is 9.97. The Labute approximate surface area is 141 Å². The topological polar surface area (TPSA) is 40.1 Å². The van der Waals surface area contributed by atoms with Gasteiger partial charge in [-0.05, 0) is 70.5 Å². The fraction of sp³-hybridized carbons (Fsp3) is 0.944. The van der Waals surface area contributed by atoms with E-state index in [9.17, 15) is 0 Å². The molecule has 0 aromatic heterocycles. The highest BCUT2D eigenvalue weighted by molar-refractivity contribution is 5.79. The summed E-state index contributed by atoms with van der Waals surface area (Å²) in [5, 5.41) is 3.62. The second kappa shape index (κ2) is 8.34. The number of nitrogens with zero attached hydrogens (tertiary/aromatic N) is 3. The van der Waals surface area contributed by atoms with Crippen LogP contribution in [0.25, 0.3) is 0 Å². The zero-order valence-electron chi connectivity index (χ0n) is 15.0. The van der Waals surface area contributed by atoms with Crippen LogP contribution in [0.2, 0.25) is 0 Å².